The molecule has 0 amide bonds. The molecule has 4 heteroatoms. The lowest BCUT2D eigenvalue weighted by Crippen LogP contribution is -2.01. The summed E-state index contributed by atoms with van der Waals surface area (Å²) in [6.45, 7) is 4.39. The summed E-state index contributed by atoms with van der Waals surface area (Å²) in [6, 6.07) is 13.1. The molecular formula is C16H12N2O2-2. The summed E-state index contributed by atoms with van der Waals surface area (Å²) in [5.74, 6) is 0. The van der Waals surface area contributed by atoms with Crippen molar-refractivity contribution in [2.45, 2.75) is 13.8 Å². The number of carbonyl (C=O) groups excluding carboxylic acids is 2. The van der Waals surface area contributed by atoms with Crippen LogP contribution in [0.15, 0.2) is 36.4 Å². The summed E-state index contributed by atoms with van der Waals surface area (Å²) >= 11 is 0. The van der Waals surface area contributed by atoms with Crippen molar-refractivity contribution in [2.24, 2.45) is 0 Å². The Kier molecular flexibility index (Phi) is 5.31. The number of nitrogens with zero attached hydrogens (tertiary/aromatic N) is 2. The summed E-state index contributed by atoms with van der Waals surface area (Å²) < 4.78 is 0. The van der Waals surface area contributed by atoms with Crippen molar-refractivity contribution >= 4 is 12.2 Å². The lowest BCUT2D eigenvalue weighted by atomic mass is 9.77. The van der Waals surface area contributed by atoms with Gasteiger partial charge in [0.15, 0.2) is 0 Å². The highest BCUT2D eigenvalue weighted by molar-refractivity contribution is 6.03. The zero-order valence-electron chi connectivity index (χ0n) is 11.2. The first-order valence-electron chi connectivity index (χ1n) is 5.84. The molecule has 0 saturated carbocycles. The molecule has 0 aliphatic heterocycles. The van der Waals surface area contributed by atoms with E-state index >= 15 is 0 Å². The summed E-state index contributed by atoms with van der Waals surface area (Å²) in [6.07, 6.45) is 1.00. The van der Waals surface area contributed by atoms with Gasteiger partial charge in [-0.2, -0.15) is 0 Å². The van der Waals surface area contributed by atoms with Crippen molar-refractivity contribution in [1.29, 1.82) is 0 Å². The van der Waals surface area contributed by atoms with E-state index in [4.69, 9.17) is 20.4 Å². The van der Waals surface area contributed by atoms with Crippen LogP contribution in [0.5, 0.6) is 0 Å². The minimum Gasteiger partial charge on any atom is -0.724 e. The smallest absolute Gasteiger partial charge is 0.00670 e. The van der Waals surface area contributed by atoms with E-state index in [0.29, 0.717) is 12.2 Å². The van der Waals surface area contributed by atoms with Gasteiger partial charge >= 0.3 is 0 Å². The fourth-order valence-corrected chi connectivity index (χ4v) is 2.26. The summed E-state index contributed by atoms with van der Waals surface area (Å²) in [7, 11) is 0. The molecule has 2 aromatic rings. The summed E-state index contributed by atoms with van der Waals surface area (Å²) in [4.78, 5) is 16.5. The number of isocyanates is 2. The number of aryl methyl sites for hydroxylation is 1. The molecule has 0 bridgehead atoms. The molecule has 0 unspecified atom stereocenters. The highest BCUT2D eigenvalue weighted by Crippen LogP contribution is 2.48. The Balaban J connectivity index is 0.000000290. The summed E-state index contributed by atoms with van der Waals surface area (Å²) in [5.41, 5.74) is 8.53. The quantitative estimate of drug-likeness (QED) is 0.458. The molecule has 3 rings (SSSR count). The van der Waals surface area contributed by atoms with Crippen molar-refractivity contribution in [3.05, 3.63) is 58.3 Å². The van der Waals surface area contributed by atoms with Gasteiger partial charge in [0.25, 0.3) is 0 Å². The van der Waals surface area contributed by atoms with Crippen LogP contribution in [-0.2, 0) is 9.59 Å². The van der Waals surface area contributed by atoms with Crippen LogP contribution in [0.25, 0.3) is 33.1 Å². The van der Waals surface area contributed by atoms with Crippen LogP contribution < -0.4 is 0 Å². The van der Waals surface area contributed by atoms with Crippen molar-refractivity contribution in [3.8, 4) is 22.3 Å². The molecule has 0 radical (unpaired) electrons. The molecule has 0 saturated heterocycles. The molecule has 0 aromatic heterocycles. The average molecular weight is 264 g/mol. The largest absolute Gasteiger partial charge is 0.724 e. The fourth-order valence-electron chi connectivity index (χ4n) is 2.26. The number of rotatable bonds is 0. The van der Waals surface area contributed by atoms with E-state index < -0.39 is 0 Å². The fraction of sp³-hybridized carbons (Fsp3) is 0.125. The Labute approximate surface area is 117 Å². The van der Waals surface area contributed by atoms with E-state index in [1.165, 1.54) is 33.4 Å². The molecule has 0 heterocycles. The third-order valence-electron chi connectivity index (χ3n) is 3.22. The first-order chi connectivity index (χ1) is 9.62. The topological polar surface area (TPSA) is 78.7 Å². The van der Waals surface area contributed by atoms with Gasteiger partial charge in [-0.15, -0.1) is 0 Å². The maximum absolute atomic E-state index is 8.24. The summed E-state index contributed by atoms with van der Waals surface area (Å²) in [5, 5.41) is 13.5. The van der Waals surface area contributed by atoms with Crippen molar-refractivity contribution in [2.75, 3.05) is 0 Å². The molecule has 100 valence electrons. The first-order valence-corrected chi connectivity index (χ1v) is 5.84. The average Bonchev–Trinajstić information content (AvgIpc) is 2.40. The Bertz CT molecular complexity index is 682. The Morgan fingerprint density at radius 3 is 1.85 bits per heavy atom. The first kappa shape index (κ1) is 15.3. The molecule has 0 N–H and O–H groups in total. The van der Waals surface area contributed by atoms with Crippen LogP contribution in [0.1, 0.15) is 11.1 Å². The van der Waals surface area contributed by atoms with Gasteiger partial charge in [-0.1, -0.05) is 36.4 Å². The minimum atomic E-state index is 0.500. The lowest BCUT2D eigenvalue weighted by molar-refractivity contribution is 0.568. The predicted octanol–water partition coefficient (Wildman–Crippen LogP) is 3.73. The molecule has 20 heavy (non-hydrogen) atoms. The van der Waals surface area contributed by atoms with Gasteiger partial charge in [-0.05, 0) is 59.4 Å². The number of hydrogen-bond donors (Lipinski definition) is 0. The molecule has 1 aliphatic rings. The van der Waals surface area contributed by atoms with Gasteiger partial charge in [0.05, 0.1) is 0 Å². The molecule has 2 aromatic carbocycles. The molecule has 4 nitrogen and oxygen atoms in total. The van der Waals surface area contributed by atoms with Gasteiger partial charge < -0.3 is 10.8 Å². The number of benzene rings is 2. The second-order valence-corrected chi connectivity index (χ2v) is 4.16. The second-order valence-electron chi connectivity index (χ2n) is 4.16. The van der Waals surface area contributed by atoms with E-state index in [1.807, 2.05) is 0 Å². The standard InChI is InChI=1S/C14H12.2CNO/c1-9-7-8-13-11-5-3-4-6-12(11)14(13)10(9)2;2*2-1-3/h3-8H,1-2H3;;/q;2*-1. The van der Waals surface area contributed by atoms with Gasteiger partial charge in [0.2, 0.25) is 0 Å². The van der Waals surface area contributed by atoms with Gasteiger partial charge in [0.1, 0.15) is 0 Å². The van der Waals surface area contributed by atoms with E-state index in [0.717, 1.165) is 0 Å². The number of hydrogen-bond acceptors (Lipinski definition) is 2. The Morgan fingerprint density at radius 2 is 1.30 bits per heavy atom. The highest BCUT2D eigenvalue weighted by atomic mass is 16.1. The van der Waals surface area contributed by atoms with Gasteiger partial charge in [-0.25, -0.2) is 0 Å². The molecule has 1 aliphatic carbocycles. The Hall–Kier alpha value is -2.80. The molecule has 0 fully saturated rings. The minimum absolute atomic E-state index is 0.500. The van der Waals surface area contributed by atoms with E-state index in [1.54, 1.807) is 0 Å². The van der Waals surface area contributed by atoms with Gasteiger partial charge in [-0.3, -0.25) is 9.59 Å². The zero-order valence-corrected chi connectivity index (χ0v) is 11.2. The number of fused-ring (bicyclic) bond motifs is 4. The van der Waals surface area contributed by atoms with Crippen LogP contribution in [0.3, 0.4) is 0 Å². The normalized spacial score (nSPS) is 8.90. The van der Waals surface area contributed by atoms with Crippen molar-refractivity contribution < 1.29 is 9.59 Å². The predicted molar refractivity (Wildman–Crippen MR) is 78.5 cm³/mol. The van der Waals surface area contributed by atoms with E-state index in [-0.39, 0.29) is 0 Å². The highest BCUT2D eigenvalue weighted by Gasteiger charge is 2.23. The molecule has 0 atom stereocenters. The van der Waals surface area contributed by atoms with Crippen molar-refractivity contribution in [1.82, 2.24) is 0 Å². The van der Waals surface area contributed by atoms with Gasteiger partial charge in [0, 0.05) is 0 Å². The second kappa shape index (κ2) is 6.95. The maximum atomic E-state index is 8.24. The van der Waals surface area contributed by atoms with Crippen molar-refractivity contribution in [3.63, 3.8) is 0 Å². The maximum Gasteiger partial charge on any atom is -0.00670 e. The third kappa shape index (κ3) is 2.78. The monoisotopic (exact) mass is 264 g/mol. The molecule has 0 spiro atoms. The lowest BCUT2D eigenvalue weighted by Gasteiger charge is -2.26. The Morgan fingerprint density at radius 1 is 0.800 bits per heavy atom. The van der Waals surface area contributed by atoms with Crippen LogP contribution in [-0.4, -0.2) is 12.2 Å². The van der Waals surface area contributed by atoms with Crippen LogP contribution >= 0.6 is 0 Å². The van der Waals surface area contributed by atoms with Crippen LogP contribution in [0.2, 0.25) is 0 Å². The zero-order chi connectivity index (χ0) is 15.1. The SMILES string of the molecule is Cc1ccc2c(c1C)-c1ccccc1-2.[N-]=C=O.[N-]=C=O. The van der Waals surface area contributed by atoms with Crippen LogP contribution in [0.4, 0.5) is 0 Å². The third-order valence-corrected chi connectivity index (χ3v) is 3.22. The van der Waals surface area contributed by atoms with E-state index in [2.05, 4.69) is 50.2 Å². The molecular weight excluding hydrogens is 252 g/mol. The van der Waals surface area contributed by atoms with E-state index in [9.17, 15) is 0 Å². The van der Waals surface area contributed by atoms with Crippen LogP contribution in [0, 0.1) is 13.8 Å².